The van der Waals surface area contributed by atoms with Gasteiger partial charge in [0.25, 0.3) is 0 Å². The SMILES string of the molecule is CCc1c(C)c(Cl)c2c(c1OC(=O)C1(C)C3CCC1CC3)Oc1ccc([C@@H](O)CC(C)C)c(OC)c1C(=O)OC2. The van der Waals surface area contributed by atoms with E-state index in [0.717, 1.165) is 36.8 Å². The number of rotatable bonds is 7. The average molecular weight is 571 g/mol. The molecule has 40 heavy (non-hydrogen) atoms. The van der Waals surface area contributed by atoms with E-state index in [1.165, 1.54) is 7.11 Å². The molecule has 1 aliphatic heterocycles. The lowest BCUT2D eigenvalue weighted by Gasteiger charge is -2.30. The number of hydrogen-bond acceptors (Lipinski definition) is 7. The van der Waals surface area contributed by atoms with E-state index in [2.05, 4.69) is 0 Å². The number of halogens is 1. The third-order valence-electron chi connectivity index (χ3n) is 9.38. The van der Waals surface area contributed by atoms with Gasteiger partial charge >= 0.3 is 11.9 Å². The van der Waals surface area contributed by atoms with Crippen LogP contribution in [0.15, 0.2) is 12.1 Å². The first kappa shape index (κ1) is 28.7. The predicted molar refractivity (Wildman–Crippen MR) is 151 cm³/mol. The summed E-state index contributed by atoms with van der Waals surface area (Å²) in [6, 6.07) is 3.31. The van der Waals surface area contributed by atoms with Crippen molar-refractivity contribution in [3.8, 4) is 23.0 Å². The minimum Gasteiger partial charge on any atom is -0.495 e. The van der Waals surface area contributed by atoms with Crippen molar-refractivity contribution in [2.24, 2.45) is 23.2 Å². The molecule has 2 aliphatic carbocycles. The smallest absolute Gasteiger partial charge is 0.346 e. The lowest BCUT2D eigenvalue weighted by Crippen LogP contribution is -2.36. The number of carbonyl (C=O) groups is 2. The van der Waals surface area contributed by atoms with E-state index in [9.17, 15) is 14.7 Å². The molecule has 1 atom stereocenters. The molecule has 216 valence electrons. The number of benzene rings is 2. The first-order valence-corrected chi connectivity index (χ1v) is 14.7. The molecule has 3 aliphatic rings. The van der Waals surface area contributed by atoms with Gasteiger partial charge in [0.15, 0.2) is 11.5 Å². The molecule has 2 fully saturated rings. The van der Waals surface area contributed by atoms with Crippen molar-refractivity contribution in [3.05, 3.63) is 45.0 Å². The largest absolute Gasteiger partial charge is 0.495 e. The van der Waals surface area contributed by atoms with Gasteiger partial charge in [-0.25, -0.2) is 4.79 Å². The Kier molecular flexibility index (Phi) is 7.83. The van der Waals surface area contributed by atoms with Crippen LogP contribution in [0.4, 0.5) is 0 Å². The van der Waals surface area contributed by atoms with E-state index < -0.39 is 17.5 Å². The normalized spacial score (nSPS) is 24.0. The molecule has 8 heteroatoms. The molecule has 2 aromatic carbocycles. The van der Waals surface area contributed by atoms with E-state index in [0.29, 0.717) is 46.6 Å². The number of esters is 2. The van der Waals surface area contributed by atoms with Gasteiger partial charge in [-0.15, -0.1) is 0 Å². The molecule has 0 saturated heterocycles. The summed E-state index contributed by atoms with van der Waals surface area (Å²) in [7, 11) is 1.44. The summed E-state index contributed by atoms with van der Waals surface area (Å²) in [5.74, 6) is 0.910. The highest BCUT2D eigenvalue weighted by atomic mass is 35.5. The van der Waals surface area contributed by atoms with Gasteiger partial charge < -0.3 is 24.1 Å². The summed E-state index contributed by atoms with van der Waals surface area (Å²) >= 11 is 6.82. The second kappa shape index (κ2) is 10.9. The van der Waals surface area contributed by atoms with Crippen LogP contribution in [0.25, 0.3) is 0 Å². The number of methoxy groups -OCH3 is 1. The zero-order valence-corrected chi connectivity index (χ0v) is 24.9. The van der Waals surface area contributed by atoms with Crippen molar-refractivity contribution in [2.45, 2.75) is 85.9 Å². The number of aliphatic hydroxyl groups excluding tert-OH is 1. The maximum Gasteiger partial charge on any atom is 0.346 e. The highest BCUT2D eigenvalue weighted by Crippen LogP contribution is 2.59. The Morgan fingerprint density at radius 3 is 2.40 bits per heavy atom. The molecule has 7 nitrogen and oxygen atoms in total. The molecule has 1 N–H and O–H groups in total. The molecule has 2 aromatic rings. The number of fused-ring (bicyclic) bond motifs is 4. The third kappa shape index (κ3) is 4.55. The van der Waals surface area contributed by atoms with E-state index in [1.54, 1.807) is 12.1 Å². The van der Waals surface area contributed by atoms with Gasteiger partial charge in [0.1, 0.15) is 23.7 Å². The maximum absolute atomic E-state index is 13.9. The van der Waals surface area contributed by atoms with Crippen molar-refractivity contribution < 1.29 is 33.6 Å². The zero-order valence-electron chi connectivity index (χ0n) is 24.2. The Morgan fingerprint density at radius 1 is 1.18 bits per heavy atom. The van der Waals surface area contributed by atoms with Gasteiger partial charge in [-0.05, 0) is 87.8 Å². The van der Waals surface area contributed by atoms with Gasteiger partial charge in [-0.2, -0.15) is 0 Å². The fourth-order valence-corrected chi connectivity index (χ4v) is 7.32. The molecular formula is C32H39ClO7. The second-order valence-corrected chi connectivity index (χ2v) is 12.4. The quantitative estimate of drug-likeness (QED) is 0.272. The number of hydrogen-bond donors (Lipinski definition) is 1. The highest BCUT2D eigenvalue weighted by Gasteiger charge is 2.57. The number of carbonyl (C=O) groups excluding carboxylic acids is 2. The fourth-order valence-electron chi connectivity index (χ4n) is 7.07. The van der Waals surface area contributed by atoms with Crippen LogP contribution in [-0.4, -0.2) is 24.2 Å². The minimum absolute atomic E-state index is 0.0706. The summed E-state index contributed by atoms with van der Waals surface area (Å²) in [6.07, 6.45) is 4.37. The lowest BCUT2D eigenvalue weighted by atomic mass is 9.79. The van der Waals surface area contributed by atoms with Gasteiger partial charge in [0.2, 0.25) is 0 Å². The summed E-state index contributed by atoms with van der Waals surface area (Å²) in [4.78, 5) is 27.2. The van der Waals surface area contributed by atoms with E-state index in [-0.39, 0.29) is 41.3 Å². The van der Waals surface area contributed by atoms with E-state index >= 15 is 0 Å². The van der Waals surface area contributed by atoms with Crippen LogP contribution in [0.3, 0.4) is 0 Å². The van der Waals surface area contributed by atoms with Crippen molar-refractivity contribution >= 4 is 23.5 Å². The standard InChI is InChI=1S/C32H39ClO7/c1-7-20-17(4)26(33)22-15-38-30(35)25-24(13-12-21(27(25)37-6)23(34)14-16(2)3)39-29(22)28(20)40-31(36)32(5)18-8-9-19(32)11-10-18/h12-13,16,18-19,23,34H,7-11,14-15H2,1-6H3/t18?,19?,23-,32?/m0/s1. The summed E-state index contributed by atoms with van der Waals surface area (Å²) in [5, 5.41) is 11.3. The Balaban J connectivity index is 1.64. The van der Waals surface area contributed by atoms with E-state index in [4.69, 9.17) is 30.5 Å². The zero-order chi connectivity index (χ0) is 28.9. The highest BCUT2D eigenvalue weighted by molar-refractivity contribution is 6.32. The second-order valence-electron chi connectivity index (χ2n) is 12.0. The topological polar surface area (TPSA) is 91.3 Å². The van der Waals surface area contributed by atoms with Crippen LogP contribution in [0, 0.1) is 30.1 Å². The van der Waals surface area contributed by atoms with Crippen LogP contribution < -0.4 is 14.2 Å². The molecule has 2 saturated carbocycles. The van der Waals surface area contributed by atoms with Gasteiger partial charge in [0, 0.05) is 11.1 Å². The Bertz CT molecular complexity index is 1330. The summed E-state index contributed by atoms with van der Waals surface area (Å²) in [6.45, 7) is 9.73. The maximum atomic E-state index is 13.9. The van der Waals surface area contributed by atoms with Crippen LogP contribution in [0.1, 0.15) is 98.5 Å². The molecule has 0 amide bonds. The molecule has 5 rings (SSSR count). The molecule has 0 radical (unpaired) electrons. The summed E-state index contributed by atoms with van der Waals surface area (Å²) in [5.41, 5.74) is 1.98. The van der Waals surface area contributed by atoms with Crippen molar-refractivity contribution in [1.29, 1.82) is 0 Å². The van der Waals surface area contributed by atoms with Crippen molar-refractivity contribution in [1.82, 2.24) is 0 Å². The molecule has 0 spiro atoms. The summed E-state index contributed by atoms with van der Waals surface area (Å²) < 4.78 is 24.1. The minimum atomic E-state index is -0.839. The van der Waals surface area contributed by atoms with Crippen LogP contribution >= 0.6 is 11.6 Å². The molecule has 1 heterocycles. The predicted octanol–water partition coefficient (Wildman–Crippen LogP) is 7.49. The Labute approximate surface area is 241 Å². The monoisotopic (exact) mass is 570 g/mol. The third-order valence-corrected chi connectivity index (χ3v) is 9.90. The first-order chi connectivity index (χ1) is 19.0. The first-order valence-electron chi connectivity index (χ1n) is 14.3. The number of ether oxygens (including phenoxy) is 4. The van der Waals surface area contributed by atoms with Crippen LogP contribution in [0.2, 0.25) is 5.02 Å². The molecule has 0 unspecified atom stereocenters. The Hall–Kier alpha value is -2.77. The molecular weight excluding hydrogens is 532 g/mol. The Morgan fingerprint density at radius 2 is 1.82 bits per heavy atom. The number of cyclic esters (lactones) is 1. The van der Waals surface area contributed by atoms with Crippen LogP contribution in [0.5, 0.6) is 23.0 Å². The van der Waals surface area contributed by atoms with Crippen LogP contribution in [-0.2, 0) is 22.6 Å². The van der Waals surface area contributed by atoms with Gasteiger partial charge in [-0.3, -0.25) is 4.79 Å². The van der Waals surface area contributed by atoms with Crippen molar-refractivity contribution in [3.63, 3.8) is 0 Å². The van der Waals surface area contributed by atoms with Gasteiger partial charge in [-0.1, -0.05) is 32.4 Å². The lowest BCUT2D eigenvalue weighted by molar-refractivity contribution is -0.147. The van der Waals surface area contributed by atoms with Gasteiger partial charge in [0.05, 0.1) is 29.2 Å². The van der Waals surface area contributed by atoms with Crippen molar-refractivity contribution in [2.75, 3.05) is 7.11 Å². The average Bonchev–Trinajstić information content (AvgIpc) is 3.41. The number of aliphatic hydroxyl groups is 1. The molecule has 2 bridgehead atoms. The molecule has 0 aromatic heterocycles. The van der Waals surface area contributed by atoms with E-state index in [1.807, 2.05) is 34.6 Å². The fraction of sp³-hybridized carbons (Fsp3) is 0.562.